The summed E-state index contributed by atoms with van der Waals surface area (Å²) in [5.41, 5.74) is 7.92. The summed E-state index contributed by atoms with van der Waals surface area (Å²) in [6.07, 6.45) is 0.830. The molecule has 0 saturated heterocycles. The molecule has 1 aliphatic heterocycles. The SMILES string of the molecule is Cc1c(-c2cc(N)on2)cc(Cl)c2c1OCCCO2. The van der Waals surface area contributed by atoms with Gasteiger partial charge in [-0.1, -0.05) is 16.8 Å². The fraction of sp³-hybridized carbons (Fsp3) is 0.308. The predicted octanol–water partition coefficient (Wildman–Crippen LogP) is 3.05. The number of aromatic nitrogens is 1. The fourth-order valence-electron chi connectivity index (χ4n) is 2.10. The number of benzene rings is 1. The third-order valence-corrected chi connectivity index (χ3v) is 3.31. The van der Waals surface area contributed by atoms with E-state index in [2.05, 4.69) is 5.16 Å². The molecule has 0 aliphatic carbocycles. The molecule has 2 aromatic rings. The molecule has 6 heteroatoms. The van der Waals surface area contributed by atoms with Gasteiger partial charge in [-0.2, -0.15) is 0 Å². The average Bonchev–Trinajstić information content (AvgIpc) is 2.66. The van der Waals surface area contributed by atoms with Gasteiger partial charge in [0.25, 0.3) is 0 Å². The van der Waals surface area contributed by atoms with Gasteiger partial charge in [0.1, 0.15) is 5.69 Å². The van der Waals surface area contributed by atoms with Crippen LogP contribution in [0.4, 0.5) is 5.88 Å². The first-order valence-electron chi connectivity index (χ1n) is 5.98. The van der Waals surface area contributed by atoms with E-state index in [-0.39, 0.29) is 5.88 Å². The topological polar surface area (TPSA) is 70.5 Å². The molecular formula is C13H13ClN2O3. The molecule has 19 heavy (non-hydrogen) atoms. The molecule has 0 unspecified atom stereocenters. The molecule has 0 spiro atoms. The summed E-state index contributed by atoms with van der Waals surface area (Å²) in [5.74, 6) is 1.52. The Morgan fingerprint density at radius 1 is 1.21 bits per heavy atom. The van der Waals surface area contributed by atoms with E-state index < -0.39 is 0 Å². The van der Waals surface area contributed by atoms with Crippen LogP contribution in [0.2, 0.25) is 5.02 Å². The Morgan fingerprint density at radius 3 is 2.63 bits per heavy atom. The van der Waals surface area contributed by atoms with E-state index in [1.54, 1.807) is 12.1 Å². The van der Waals surface area contributed by atoms with Crippen molar-refractivity contribution in [3.63, 3.8) is 0 Å². The van der Waals surface area contributed by atoms with Gasteiger partial charge in [0.2, 0.25) is 5.88 Å². The lowest BCUT2D eigenvalue weighted by molar-refractivity contribution is 0.296. The van der Waals surface area contributed by atoms with E-state index in [0.29, 0.717) is 35.4 Å². The summed E-state index contributed by atoms with van der Waals surface area (Å²) in [6.45, 7) is 3.14. The number of nitrogen functional groups attached to an aromatic ring is 1. The van der Waals surface area contributed by atoms with E-state index in [1.807, 2.05) is 6.92 Å². The number of fused-ring (bicyclic) bond motifs is 1. The molecule has 3 rings (SSSR count). The van der Waals surface area contributed by atoms with E-state index in [1.165, 1.54) is 0 Å². The van der Waals surface area contributed by atoms with Crippen molar-refractivity contribution >= 4 is 17.5 Å². The summed E-state index contributed by atoms with van der Waals surface area (Å²) in [5, 5.41) is 4.40. The van der Waals surface area contributed by atoms with E-state index in [0.717, 1.165) is 17.5 Å². The Hall–Kier alpha value is -1.88. The largest absolute Gasteiger partial charge is 0.489 e. The first-order chi connectivity index (χ1) is 9.16. The van der Waals surface area contributed by atoms with Crippen LogP contribution < -0.4 is 15.2 Å². The molecule has 100 valence electrons. The fourth-order valence-corrected chi connectivity index (χ4v) is 2.35. The average molecular weight is 281 g/mol. The van der Waals surface area contributed by atoms with Crippen molar-refractivity contribution in [1.29, 1.82) is 0 Å². The number of anilines is 1. The summed E-state index contributed by atoms with van der Waals surface area (Å²) in [4.78, 5) is 0. The van der Waals surface area contributed by atoms with Crippen LogP contribution in [-0.4, -0.2) is 18.4 Å². The number of nitrogens with zero attached hydrogens (tertiary/aromatic N) is 1. The minimum Gasteiger partial charge on any atom is -0.489 e. The molecule has 1 aromatic heterocycles. The summed E-state index contributed by atoms with van der Waals surface area (Å²) < 4.78 is 16.3. The molecule has 0 amide bonds. The van der Waals surface area contributed by atoms with Crippen LogP contribution in [0, 0.1) is 6.92 Å². The second-order valence-electron chi connectivity index (χ2n) is 4.35. The van der Waals surface area contributed by atoms with E-state index in [4.69, 9.17) is 31.3 Å². The second kappa shape index (κ2) is 4.66. The lowest BCUT2D eigenvalue weighted by Gasteiger charge is -2.14. The normalized spacial score (nSPS) is 14.2. The lowest BCUT2D eigenvalue weighted by Crippen LogP contribution is -1.98. The van der Waals surface area contributed by atoms with Gasteiger partial charge in [0.05, 0.1) is 18.2 Å². The van der Waals surface area contributed by atoms with Gasteiger partial charge >= 0.3 is 0 Å². The maximum Gasteiger partial charge on any atom is 0.222 e. The third kappa shape index (κ3) is 2.10. The maximum atomic E-state index is 6.25. The highest BCUT2D eigenvalue weighted by atomic mass is 35.5. The van der Waals surface area contributed by atoms with Crippen molar-refractivity contribution in [2.24, 2.45) is 0 Å². The lowest BCUT2D eigenvalue weighted by atomic mass is 10.0. The maximum absolute atomic E-state index is 6.25. The van der Waals surface area contributed by atoms with E-state index >= 15 is 0 Å². The molecule has 1 aliphatic rings. The standard InChI is InChI=1S/C13H13ClN2O3/c1-7-8(10-6-11(15)19-16-10)5-9(14)13-12(7)17-3-2-4-18-13/h5-6H,2-4,15H2,1H3. The van der Waals surface area contributed by atoms with Gasteiger partial charge in [-0.05, 0) is 13.0 Å². The zero-order chi connectivity index (χ0) is 13.4. The number of ether oxygens (including phenoxy) is 2. The van der Waals surface area contributed by atoms with Crippen LogP contribution in [0.1, 0.15) is 12.0 Å². The molecule has 0 atom stereocenters. The molecular weight excluding hydrogens is 268 g/mol. The predicted molar refractivity (Wildman–Crippen MR) is 71.7 cm³/mol. The minimum atomic E-state index is 0.262. The van der Waals surface area contributed by atoms with E-state index in [9.17, 15) is 0 Å². The van der Waals surface area contributed by atoms with Crippen LogP contribution in [-0.2, 0) is 0 Å². The van der Waals surface area contributed by atoms with Crippen LogP contribution in [0.5, 0.6) is 11.5 Å². The molecule has 2 heterocycles. The first kappa shape index (κ1) is 12.2. The Balaban J connectivity index is 2.17. The Bertz CT molecular complexity index is 625. The molecule has 1 aromatic carbocycles. The van der Waals surface area contributed by atoms with Gasteiger partial charge in [-0.15, -0.1) is 0 Å². The first-order valence-corrected chi connectivity index (χ1v) is 6.36. The quantitative estimate of drug-likeness (QED) is 0.869. The van der Waals surface area contributed by atoms with Crippen molar-refractivity contribution in [3.8, 4) is 22.8 Å². The van der Waals surface area contributed by atoms with Crippen molar-refractivity contribution < 1.29 is 14.0 Å². The molecule has 0 fully saturated rings. The molecule has 2 N–H and O–H groups in total. The molecule has 5 nitrogen and oxygen atoms in total. The molecule has 0 bridgehead atoms. The summed E-state index contributed by atoms with van der Waals surface area (Å²) in [6, 6.07) is 3.45. The monoisotopic (exact) mass is 280 g/mol. The molecule has 0 saturated carbocycles. The Morgan fingerprint density at radius 2 is 1.95 bits per heavy atom. The molecule has 0 radical (unpaired) electrons. The Kier molecular flexibility index (Phi) is 2.98. The highest BCUT2D eigenvalue weighted by Crippen LogP contribution is 2.44. The summed E-state index contributed by atoms with van der Waals surface area (Å²) >= 11 is 6.25. The van der Waals surface area contributed by atoms with Crippen molar-refractivity contribution in [2.45, 2.75) is 13.3 Å². The van der Waals surface area contributed by atoms with Gasteiger partial charge in [0.15, 0.2) is 11.5 Å². The second-order valence-corrected chi connectivity index (χ2v) is 4.76. The van der Waals surface area contributed by atoms with Crippen molar-refractivity contribution in [2.75, 3.05) is 18.9 Å². The number of halogens is 1. The zero-order valence-electron chi connectivity index (χ0n) is 10.4. The number of rotatable bonds is 1. The Labute approximate surface area is 115 Å². The van der Waals surface area contributed by atoms with Crippen molar-refractivity contribution in [3.05, 3.63) is 22.7 Å². The third-order valence-electron chi connectivity index (χ3n) is 3.02. The number of hydrogen-bond acceptors (Lipinski definition) is 5. The highest BCUT2D eigenvalue weighted by Gasteiger charge is 2.21. The van der Waals surface area contributed by atoms with Gasteiger partial charge in [-0.25, -0.2) is 0 Å². The van der Waals surface area contributed by atoms with Crippen molar-refractivity contribution in [1.82, 2.24) is 5.16 Å². The number of nitrogens with two attached hydrogens (primary N) is 1. The highest BCUT2D eigenvalue weighted by molar-refractivity contribution is 6.32. The van der Waals surface area contributed by atoms with Crippen LogP contribution in [0.3, 0.4) is 0 Å². The van der Waals surface area contributed by atoms with Crippen LogP contribution >= 0.6 is 11.6 Å². The smallest absolute Gasteiger partial charge is 0.222 e. The number of hydrogen-bond donors (Lipinski definition) is 1. The van der Waals surface area contributed by atoms with Gasteiger partial charge in [-0.3, -0.25) is 0 Å². The van der Waals surface area contributed by atoms with Gasteiger partial charge < -0.3 is 19.7 Å². The zero-order valence-corrected chi connectivity index (χ0v) is 11.2. The van der Waals surface area contributed by atoms with Gasteiger partial charge in [0, 0.05) is 23.6 Å². The van der Waals surface area contributed by atoms with Crippen LogP contribution in [0.25, 0.3) is 11.3 Å². The van der Waals surface area contributed by atoms with Crippen LogP contribution in [0.15, 0.2) is 16.7 Å². The minimum absolute atomic E-state index is 0.262. The summed E-state index contributed by atoms with van der Waals surface area (Å²) in [7, 11) is 0.